The highest BCUT2D eigenvalue weighted by molar-refractivity contribution is 14.0. The quantitative estimate of drug-likeness (QED) is 0.340. The molecule has 0 amide bonds. The van der Waals surface area contributed by atoms with Gasteiger partial charge in [-0.1, -0.05) is 6.07 Å². The van der Waals surface area contributed by atoms with Crippen molar-refractivity contribution in [1.29, 1.82) is 0 Å². The summed E-state index contributed by atoms with van der Waals surface area (Å²) in [5.41, 5.74) is 0. The lowest BCUT2D eigenvalue weighted by Gasteiger charge is -2.33. The predicted octanol–water partition coefficient (Wildman–Crippen LogP) is 2.37. The maximum Gasteiger partial charge on any atom is 0.308 e. The third kappa shape index (κ3) is 5.42. The first-order valence-electron chi connectivity index (χ1n) is 7.30. The summed E-state index contributed by atoms with van der Waals surface area (Å²) < 4.78 is 4.82. The van der Waals surface area contributed by atoms with E-state index in [2.05, 4.69) is 32.7 Å². The largest absolute Gasteiger partial charge is 0.469 e. The second kappa shape index (κ2) is 10.0. The van der Waals surface area contributed by atoms with Crippen LogP contribution in [0.1, 0.15) is 17.7 Å². The highest BCUT2D eigenvalue weighted by Gasteiger charge is 2.26. The Morgan fingerprint density at radius 3 is 2.77 bits per heavy atom. The van der Waals surface area contributed by atoms with E-state index in [0.717, 1.165) is 44.9 Å². The van der Waals surface area contributed by atoms with Crippen LogP contribution in [0.15, 0.2) is 22.5 Å². The Kier molecular flexibility index (Phi) is 8.77. The fourth-order valence-electron chi connectivity index (χ4n) is 2.58. The highest BCUT2D eigenvalue weighted by Crippen LogP contribution is 2.18. The Morgan fingerprint density at radius 1 is 1.50 bits per heavy atom. The molecule has 1 fully saturated rings. The minimum Gasteiger partial charge on any atom is -0.469 e. The molecule has 0 aromatic carbocycles. The number of methoxy groups -OCH3 is 1. The number of carbonyl (C=O) groups excluding carboxylic acids is 1. The number of likely N-dealkylation sites (tertiary alicyclic amines) is 1. The number of halogens is 1. The summed E-state index contributed by atoms with van der Waals surface area (Å²) in [5, 5.41) is 5.50. The topological polar surface area (TPSA) is 53.9 Å². The molecule has 2 rings (SSSR count). The van der Waals surface area contributed by atoms with E-state index in [1.807, 2.05) is 0 Å². The van der Waals surface area contributed by atoms with Crippen LogP contribution < -0.4 is 5.32 Å². The number of esters is 1. The van der Waals surface area contributed by atoms with Crippen molar-refractivity contribution < 1.29 is 9.53 Å². The molecule has 124 valence electrons. The number of guanidine groups is 1. The second-order valence-electron chi connectivity index (χ2n) is 5.09. The fourth-order valence-corrected chi connectivity index (χ4v) is 3.29. The number of hydrogen-bond acceptors (Lipinski definition) is 4. The lowest BCUT2D eigenvalue weighted by molar-refractivity contribution is -0.146. The van der Waals surface area contributed by atoms with Crippen LogP contribution in [0.4, 0.5) is 0 Å². The van der Waals surface area contributed by atoms with Crippen LogP contribution in [0, 0.1) is 5.92 Å². The molecule has 22 heavy (non-hydrogen) atoms. The molecule has 0 radical (unpaired) electrons. The van der Waals surface area contributed by atoms with Gasteiger partial charge < -0.3 is 15.0 Å². The third-order valence-electron chi connectivity index (χ3n) is 3.78. The minimum absolute atomic E-state index is 0. The van der Waals surface area contributed by atoms with Gasteiger partial charge in [-0.25, -0.2) is 0 Å². The molecule has 1 N–H and O–H groups in total. The molecular formula is C15H24IN3O2S. The SMILES string of the molecule is CN=C(NCCc1cccs1)N1CCC(C(=O)OC)CC1.I. The van der Waals surface area contributed by atoms with E-state index in [0.29, 0.717) is 0 Å². The average molecular weight is 437 g/mol. The van der Waals surface area contributed by atoms with Crippen molar-refractivity contribution in [3.05, 3.63) is 22.4 Å². The smallest absolute Gasteiger partial charge is 0.308 e. The van der Waals surface area contributed by atoms with Crippen molar-refractivity contribution >= 4 is 47.2 Å². The van der Waals surface area contributed by atoms with Gasteiger partial charge in [0.05, 0.1) is 13.0 Å². The molecule has 0 bridgehead atoms. The molecule has 0 atom stereocenters. The molecule has 0 spiro atoms. The van der Waals surface area contributed by atoms with Gasteiger partial charge in [0, 0.05) is 31.6 Å². The van der Waals surface area contributed by atoms with Crippen LogP contribution in [0.25, 0.3) is 0 Å². The second-order valence-corrected chi connectivity index (χ2v) is 6.12. The molecule has 5 nitrogen and oxygen atoms in total. The number of piperidine rings is 1. The molecule has 1 aliphatic heterocycles. The Labute approximate surface area is 153 Å². The van der Waals surface area contributed by atoms with Crippen LogP contribution in [0.2, 0.25) is 0 Å². The number of carbonyl (C=O) groups is 1. The molecule has 1 aromatic heterocycles. The van der Waals surface area contributed by atoms with Gasteiger partial charge in [0.2, 0.25) is 0 Å². The zero-order valence-corrected chi connectivity index (χ0v) is 16.2. The maximum atomic E-state index is 11.5. The van der Waals surface area contributed by atoms with Crippen LogP contribution >= 0.6 is 35.3 Å². The number of thiophene rings is 1. The normalized spacial score (nSPS) is 16.1. The summed E-state index contributed by atoms with van der Waals surface area (Å²) in [6, 6.07) is 4.23. The Hall–Kier alpha value is -0.830. The van der Waals surface area contributed by atoms with Crippen LogP contribution in [-0.4, -0.2) is 50.6 Å². The summed E-state index contributed by atoms with van der Waals surface area (Å²) in [7, 11) is 3.26. The summed E-state index contributed by atoms with van der Waals surface area (Å²) in [5.74, 6) is 0.876. The number of hydrogen-bond donors (Lipinski definition) is 1. The molecule has 1 aliphatic rings. The first kappa shape index (κ1) is 19.2. The van der Waals surface area contributed by atoms with Gasteiger partial charge in [0.1, 0.15) is 0 Å². The molecule has 0 saturated carbocycles. The summed E-state index contributed by atoms with van der Waals surface area (Å²) in [6.45, 7) is 2.57. The van der Waals surface area contributed by atoms with Crippen molar-refractivity contribution in [3.8, 4) is 0 Å². The van der Waals surface area contributed by atoms with Gasteiger partial charge in [-0.3, -0.25) is 9.79 Å². The van der Waals surface area contributed by atoms with Crippen LogP contribution in [0.5, 0.6) is 0 Å². The number of nitrogens with one attached hydrogen (secondary N) is 1. The third-order valence-corrected chi connectivity index (χ3v) is 4.71. The van der Waals surface area contributed by atoms with Gasteiger partial charge >= 0.3 is 5.97 Å². The van der Waals surface area contributed by atoms with E-state index in [1.54, 1.807) is 18.4 Å². The molecule has 2 heterocycles. The molecular weight excluding hydrogens is 413 g/mol. The monoisotopic (exact) mass is 437 g/mol. The van der Waals surface area contributed by atoms with E-state index in [1.165, 1.54) is 12.0 Å². The molecule has 1 saturated heterocycles. The van der Waals surface area contributed by atoms with Crippen molar-refractivity contribution in [3.63, 3.8) is 0 Å². The van der Waals surface area contributed by atoms with Crippen molar-refractivity contribution in [2.24, 2.45) is 10.9 Å². The van der Waals surface area contributed by atoms with Gasteiger partial charge in [-0.05, 0) is 30.7 Å². The van der Waals surface area contributed by atoms with E-state index in [4.69, 9.17) is 4.74 Å². The van der Waals surface area contributed by atoms with Gasteiger partial charge in [0.25, 0.3) is 0 Å². The lowest BCUT2D eigenvalue weighted by Crippen LogP contribution is -2.47. The van der Waals surface area contributed by atoms with E-state index in [-0.39, 0.29) is 35.9 Å². The lowest BCUT2D eigenvalue weighted by atomic mass is 9.97. The van der Waals surface area contributed by atoms with Crippen molar-refractivity contribution in [2.75, 3.05) is 33.8 Å². The summed E-state index contributed by atoms with van der Waals surface area (Å²) in [6.07, 6.45) is 2.67. The van der Waals surface area contributed by atoms with Crippen molar-refractivity contribution in [2.45, 2.75) is 19.3 Å². The summed E-state index contributed by atoms with van der Waals surface area (Å²) in [4.78, 5) is 19.5. The first-order valence-corrected chi connectivity index (χ1v) is 8.18. The minimum atomic E-state index is -0.0877. The standard InChI is InChI=1S/C15H23N3O2S.HI/c1-16-15(17-8-5-13-4-3-11-21-13)18-9-6-12(7-10-18)14(19)20-2;/h3-4,11-12H,5-10H2,1-2H3,(H,16,17);1H. The van der Waals surface area contributed by atoms with Gasteiger partial charge in [-0.2, -0.15) is 0 Å². The van der Waals surface area contributed by atoms with Crippen molar-refractivity contribution in [1.82, 2.24) is 10.2 Å². The van der Waals surface area contributed by atoms with E-state index < -0.39 is 0 Å². The average Bonchev–Trinajstić information content (AvgIpc) is 3.04. The summed E-state index contributed by atoms with van der Waals surface area (Å²) >= 11 is 1.78. The number of nitrogens with zero attached hydrogens (tertiary/aromatic N) is 2. The predicted molar refractivity (Wildman–Crippen MR) is 101 cm³/mol. The molecule has 0 aliphatic carbocycles. The number of aliphatic imine (C=N–C) groups is 1. The van der Waals surface area contributed by atoms with Gasteiger partial charge in [0.15, 0.2) is 5.96 Å². The first-order chi connectivity index (χ1) is 10.2. The van der Waals surface area contributed by atoms with Crippen LogP contribution in [0.3, 0.4) is 0 Å². The molecule has 0 unspecified atom stereocenters. The number of rotatable bonds is 4. The highest BCUT2D eigenvalue weighted by atomic mass is 127. The van der Waals surface area contributed by atoms with E-state index >= 15 is 0 Å². The van der Waals surface area contributed by atoms with E-state index in [9.17, 15) is 4.79 Å². The zero-order valence-electron chi connectivity index (χ0n) is 13.1. The molecule has 1 aromatic rings. The Bertz CT molecular complexity index is 471. The Balaban J connectivity index is 0.00000242. The fraction of sp³-hybridized carbons (Fsp3) is 0.600. The Morgan fingerprint density at radius 2 is 2.23 bits per heavy atom. The maximum absolute atomic E-state index is 11.5. The number of ether oxygens (including phenoxy) is 1. The van der Waals surface area contributed by atoms with Gasteiger partial charge in [-0.15, -0.1) is 35.3 Å². The molecule has 7 heteroatoms. The van der Waals surface area contributed by atoms with Crippen LogP contribution in [-0.2, 0) is 16.0 Å². The zero-order chi connectivity index (χ0) is 15.1.